The molecule has 1 aromatic carbocycles. The Morgan fingerprint density at radius 1 is 1.16 bits per heavy atom. The van der Waals surface area contributed by atoms with Crippen LogP contribution in [-0.4, -0.2) is 65.4 Å². The molecule has 1 saturated carbocycles. The Labute approximate surface area is 268 Å². The monoisotopic (exact) mass is 672 g/mol. The van der Waals surface area contributed by atoms with E-state index < -0.39 is 50.2 Å². The van der Waals surface area contributed by atoms with E-state index in [1.54, 1.807) is 24.4 Å². The van der Waals surface area contributed by atoms with Crippen molar-refractivity contribution in [3.63, 3.8) is 0 Å². The van der Waals surface area contributed by atoms with E-state index in [9.17, 15) is 23.3 Å². The van der Waals surface area contributed by atoms with E-state index in [4.69, 9.17) is 27.9 Å². The summed E-state index contributed by atoms with van der Waals surface area (Å²) in [4.78, 5) is 36.2. The molecule has 3 fully saturated rings. The maximum absolute atomic E-state index is 15.1. The van der Waals surface area contributed by atoms with Crippen LogP contribution >= 0.6 is 23.2 Å². The van der Waals surface area contributed by atoms with Crippen molar-refractivity contribution in [1.29, 1.82) is 5.26 Å². The number of nitriles is 1. The molecule has 3 aliphatic rings. The number of likely N-dealkylation sites (tertiary alicyclic amines) is 1. The maximum Gasteiger partial charge on any atom is 0.410 e. The van der Waals surface area contributed by atoms with Gasteiger partial charge in [0.2, 0.25) is 0 Å². The standard InChI is InChI=1S/C30H27Cl2FN6O5S/c1-17-10-19(4-8-35-17)18-2-3-24(22(32)11-18)45(42,43)21-13-25(44-28(41)38-29(16-34)5-6-29)39(15-21)27(40)30(7-9-37-30)26-23(33)12-20(31)14-36-26/h2-4,8,10-12,14,21,25,37H,5-7,9,13,15H2,1H3,(H,38,41)/t21-,25+,30?/m1/s1. The second-order valence-corrected chi connectivity index (χ2v) is 14.5. The van der Waals surface area contributed by atoms with Gasteiger partial charge < -0.3 is 15.0 Å². The van der Waals surface area contributed by atoms with Gasteiger partial charge in [-0.1, -0.05) is 29.3 Å². The molecular weight excluding hydrogens is 646 g/mol. The van der Waals surface area contributed by atoms with Crippen LogP contribution in [0.1, 0.15) is 37.1 Å². The highest BCUT2D eigenvalue weighted by Crippen LogP contribution is 2.40. The number of amides is 2. The summed E-state index contributed by atoms with van der Waals surface area (Å²) in [6.07, 6.45) is 1.27. The predicted octanol–water partition coefficient (Wildman–Crippen LogP) is 4.27. The molecule has 1 unspecified atom stereocenters. The highest BCUT2D eigenvalue weighted by molar-refractivity contribution is 7.92. The number of aromatic nitrogens is 2. The third kappa shape index (κ3) is 5.72. The normalized spacial score (nSPS) is 23.5. The number of carbonyl (C=O) groups is 2. The highest BCUT2D eigenvalue weighted by Gasteiger charge is 2.56. The molecule has 3 aromatic rings. The molecule has 2 aliphatic heterocycles. The largest absolute Gasteiger partial charge is 0.425 e. The van der Waals surface area contributed by atoms with Crippen LogP contribution in [-0.2, 0) is 24.9 Å². The summed E-state index contributed by atoms with van der Waals surface area (Å²) >= 11 is 12.4. The zero-order valence-electron chi connectivity index (χ0n) is 23.9. The molecule has 2 saturated heterocycles. The Morgan fingerprint density at radius 3 is 2.49 bits per heavy atom. The summed E-state index contributed by atoms with van der Waals surface area (Å²) in [7, 11) is -4.18. The van der Waals surface area contributed by atoms with Crippen molar-refractivity contribution < 1.29 is 27.1 Å². The lowest BCUT2D eigenvalue weighted by Crippen LogP contribution is -2.65. The molecule has 6 rings (SSSR count). The van der Waals surface area contributed by atoms with Crippen LogP contribution in [0.15, 0.2) is 53.7 Å². The Hall–Kier alpha value is -3.83. The van der Waals surface area contributed by atoms with E-state index in [-0.39, 0.29) is 40.0 Å². The summed E-state index contributed by atoms with van der Waals surface area (Å²) in [5.74, 6) is -1.53. The van der Waals surface area contributed by atoms with Crippen molar-refractivity contribution in [3.05, 3.63) is 76.0 Å². The third-order valence-electron chi connectivity index (χ3n) is 8.43. The van der Waals surface area contributed by atoms with E-state index in [1.807, 2.05) is 19.1 Å². The van der Waals surface area contributed by atoms with Gasteiger partial charge in [-0.15, -0.1) is 0 Å². The molecular formula is C30H27Cl2FN6O5S. The SMILES string of the molecule is Cc1cc(-c2ccc(S(=O)(=O)[C@@H]3C[C@H](OC(=O)NC4(C#N)CC4)N(C(=O)C4(c5ncc(Cl)cc5F)CCN4)C3)c(Cl)c2)ccn1. The minimum atomic E-state index is -4.18. The second-order valence-electron chi connectivity index (χ2n) is 11.4. The number of ether oxygens (including phenoxy) is 1. The predicted molar refractivity (Wildman–Crippen MR) is 161 cm³/mol. The number of nitrogens with one attached hydrogen (secondary N) is 2. The quantitative estimate of drug-likeness (QED) is 0.374. The Bertz CT molecular complexity index is 1860. The zero-order chi connectivity index (χ0) is 32.1. The number of pyridine rings is 2. The van der Waals surface area contributed by atoms with Crippen molar-refractivity contribution in [2.75, 3.05) is 13.1 Å². The van der Waals surface area contributed by atoms with Gasteiger partial charge in [-0.2, -0.15) is 5.26 Å². The molecule has 0 radical (unpaired) electrons. The number of hydrogen-bond donors (Lipinski definition) is 2. The molecule has 3 atom stereocenters. The van der Waals surface area contributed by atoms with Gasteiger partial charge in [-0.25, -0.2) is 17.6 Å². The molecule has 0 bridgehead atoms. The Morgan fingerprint density at radius 2 is 1.89 bits per heavy atom. The number of benzene rings is 1. The van der Waals surface area contributed by atoms with Crippen LogP contribution in [0.5, 0.6) is 0 Å². The number of alkyl carbamates (subject to hydrolysis) is 1. The molecule has 11 nitrogen and oxygen atoms in total. The molecule has 2 aromatic heterocycles. The van der Waals surface area contributed by atoms with Crippen LogP contribution in [0.3, 0.4) is 0 Å². The van der Waals surface area contributed by atoms with Crippen molar-refractivity contribution in [2.24, 2.45) is 0 Å². The third-order valence-corrected chi connectivity index (χ3v) is 11.3. The molecule has 2 N–H and O–H groups in total. The second kappa shape index (κ2) is 11.5. The average molecular weight is 674 g/mol. The van der Waals surface area contributed by atoms with E-state index in [2.05, 4.69) is 20.6 Å². The first-order valence-corrected chi connectivity index (χ1v) is 16.4. The van der Waals surface area contributed by atoms with Gasteiger partial charge in [0.15, 0.2) is 16.1 Å². The molecule has 0 spiro atoms. The van der Waals surface area contributed by atoms with Crippen molar-refractivity contribution in [2.45, 2.75) is 60.1 Å². The van der Waals surface area contributed by atoms with Crippen LogP contribution < -0.4 is 10.6 Å². The van der Waals surface area contributed by atoms with Gasteiger partial charge in [-0.05, 0) is 74.2 Å². The molecule has 15 heteroatoms. The molecule has 4 heterocycles. The minimum Gasteiger partial charge on any atom is -0.425 e. The van der Waals surface area contributed by atoms with E-state index in [1.165, 1.54) is 12.3 Å². The maximum atomic E-state index is 15.1. The molecule has 1 aliphatic carbocycles. The lowest BCUT2D eigenvalue weighted by atomic mass is 9.82. The number of halogens is 3. The summed E-state index contributed by atoms with van der Waals surface area (Å²) in [5.41, 5.74) is -0.626. The average Bonchev–Trinajstić information content (AvgIpc) is 3.61. The van der Waals surface area contributed by atoms with Gasteiger partial charge >= 0.3 is 6.09 Å². The van der Waals surface area contributed by atoms with Crippen molar-refractivity contribution >= 4 is 45.0 Å². The number of carbonyl (C=O) groups excluding carboxylic acids is 2. The lowest BCUT2D eigenvalue weighted by molar-refractivity contribution is -0.149. The topological polar surface area (TPSA) is 154 Å². The van der Waals surface area contributed by atoms with Gasteiger partial charge in [0.25, 0.3) is 5.91 Å². The van der Waals surface area contributed by atoms with E-state index in [0.29, 0.717) is 24.9 Å². The van der Waals surface area contributed by atoms with Crippen LogP contribution in [0.25, 0.3) is 11.1 Å². The zero-order valence-corrected chi connectivity index (χ0v) is 26.2. The van der Waals surface area contributed by atoms with Gasteiger partial charge in [0.05, 0.1) is 26.3 Å². The van der Waals surface area contributed by atoms with E-state index >= 15 is 4.39 Å². The molecule has 2 amide bonds. The number of sulfone groups is 1. The summed E-state index contributed by atoms with van der Waals surface area (Å²) < 4.78 is 48.7. The summed E-state index contributed by atoms with van der Waals surface area (Å²) in [5, 5.41) is 13.6. The first-order valence-electron chi connectivity index (χ1n) is 14.1. The van der Waals surface area contributed by atoms with Gasteiger partial charge in [0, 0.05) is 31.1 Å². The van der Waals surface area contributed by atoms with Gasteiger partial charge in [-0.3, -0.25) is 20.1 Å². The lowest BCUT2D eigenvalue weighted by Gasteiger charge is -2.44. The first kappa shape index (κ1) is 31.2. The van der Waals surface area contributed by atoms with E-state index in [0.717, 1.165) is 22.2 Å². The molecule has 45 heavy (non-hydrogen) atoms. The number of rotatable bonds is 7. The van der Waals surface area contributed by atoms with Crippen molar-refractivity contribution in [1.82, 2.24) is 25.5 Å². The fraction of sp³-hybridized carbons (Fsp3) is 0.367. The summed E-state index contributed by atoms with van der Waals surface area (Å²) in [6.45, 7) is 1.82. The van der Waals surface area contributed by atoms with Crippen LogP contribution in [0, 0.1) is 24.1 Å². The fourth-order valence-corrected chi connectivity index (χ4v) is 8.07. The number of nitrogens with zero attached hydrogens (tertiary/aromatic N) is 4. The minimum absolute atomic E-state index is 0.0174. The smallest absolute Gasteiger partial charge is 0.410 e. The summed E-state index contributed by atoms with van der Waals surface area (Å²) in [6, 6.07) is 11.3. The highest BCUT2D eigenvalue weighted by atomic mass is 35.5. The number of aryl methyl sites for hydroxylation is 1. The van der Waals surface area contributed by atoms with Crippen molar-refractivity contribution in [3.8, 4) is 17.2 Å². The number of hydrogen-bond acceptors (Lipinski definition) is 9. The Kier molecular flexibility index (Phi) is 7.97. The molecule has 234 valence electrons. The van der Waals surface area contributed by atoms with Crippen LogP contribution in [0.4, 0.5) is 9.18 Å². The fourth-order valence-electron chi connectivity index (χ4n) is 5.70. The Balaban J connectivity index is 1.32. The van der Waals surface area contributed by atoms with Crippen LogP contribution in [0.2, 0.25) is 10.0 Å². The van der Waals surface area contributed by atoms with Gasteiger partial charge in [0.1, 0.15) is 22.6 Å². The first-order chi connectivity index (χ1) is 21.4.